The summed E-state index contributed by atoms with van der Waals surface area (Å²) in [5.74, 6) is 0.241. The summed E-state index contributed by atoms with van der Waals surface area (Å²) in [5, 5.41) is 0.374. The highest BCUT2D eigenvalue weighted by atomic mass is 35.5. The number of carbonyl (C=O) groups is 1. The molecular formula is C20H16ClNO3. The highest BCUT2D eigenvalue weighted by molar-refractivity contribution is 6.29. The molecule has 2 aromatic carbocycles. The molecular weight excluding hydrogens is 338 g/mol. The molecule has 0 aliphatic carbocycles. The first-order chi connectivity index (χ1) is 12.2. The van der Waals surface area contributed by atoms with Gasteiger partial charge in [0.05, 0.1) is 12.7 Å². The Bertz CT molecular complexity index is 864. The number of nitrogens with zero attached hydrogens (tertiary/aromatic N) is 1. The molecule has 0 saturated carbocycles. The lowest BCUT2D eigenvalue weighted by Gasteiger charge is -2.12. The average Bonchev–Trinajstić information content (AvgIpc) is 2.67. The van der Waals surface area contributed by atoms with Crippen molar-refractivity contribution in [3.8, 4) is 17.0 Å². The molecule has 0 unspecified atom stereocenters. The lowest BCUT2D eigenvalue weighted by molar-refractivity contribution is 0.0601. The number of methoxy groups -OCH3 is 1. The summed E-state index contributed by atoms with van der Waals surface area (Å²) in [6.45, 7) is 0.428. The maximum atomic E-state index is 11.6. The molecule has 0 spiro atoms. The highest BCUT2D eigenvalue weighted by Gasteiger charge is 2.11. The number of rotatable bonds is 5. The van der Waals surface area contributed by atoms with Crippen molar-refractivity contribution in [2.45, 2.75) is 6.61 Å². The Hall–Kier alpha value is -2.85. The van der Waals surface area contributed by atoms with Crippen molar-refractivity contribution in [3.05, 3.63) is 83.0 Å². The van der Waals surface area contributed by atoms with E-state index in [-0.39, 0.29) is 5.97 Å². The van der Waals surface area contributed by atoms with E-state index in [1.807, 2.05) is 30.3 Å². The van der Waals surface area contributed by atoms with Crippen LogP contribution in [-0.4, -0.2) is 18.1 Å². The van der Waals surface area contributed by atoms with Crippen LogP contribution in [0.15, 0.2) is 66.7 Å². The largest absolute Gasteiger partial charge is 0.487 e. The fourth-order valence-corrected chi connectivity index (χ4v) is 2.51. The SMILES string of the molecule is COC(=O)c1ccc(-c2nc(Cl)ccc2OCc2ccccc2)cc1. The molecule has 0 N–H and O–H groups in total. The van der Waals surface area contributed by atoms with Crippen molar-refractivity contribution in [1.82, 2.24) is 4.98 Å². The topological polar surface area (TPSA) is 48.4 Å². The van der Waals surface area contributed by atoms with Crippen LogP contribution in [-0.2, 0) is 11.3 Å². The minimum atomic E-state index is -0.383. The molecule has 0 bridgehead atoms. The summed E-state index contributed by atoms with van der Waals surface area (Å²) in [6.07, 6.45) is 0. The summed E-state index contributed by atoms with van der Waals surface area (Å²) in [6, 6.07) is 20.3. The van der Waals surface area contributed by atoms with Gasteiger partial charge in [-0.1, -0.05) is 54.1 Å². The maximum Gasteiger partial charge on any atom is 0.337 e. The number of halogens is 1. The van der Waals surface area contributed by atoms with Gasteiger partial charge in [-0.25, -0.2) is 9.78 Å². The van der Waals surface area contributed by atoms with Crippen molar-refractivity contribution in [2.24, 2.45) is 0 Å². The monoisotopic (exact) mass is 353 g/mol. The van der Waals surface area contributed by atoms with E-state index in [4.69, 9.17) is 21.1 Å². The molecule has 1 aromatic heterocycles. The average molecular weight is 354 g/mol. The molecule has 126 valence electrons. The Kier molecular flexibility index (Phi) is 5.31. The number of hydrogen-bond acceptors (Lipinski definition) is 4. The quantitative estimate of drug-likeness (QED) is 0.490. The molecule has 0 amide bonds. The van der Waals surface area contributed by atoms with E-state index in [0.717, 1.165) is 11.1 Å². The second kappa shape index (κ2) is 7.81. The molecule has 5 heteroatoms. The Morgan fingerprint density at radius 3 is 2.40 bits per heavy atom. The zero-order valence-electron chi connectivity index (χ0n) is 13.6. The summed E-state index contributed by atoms with van der Waals surface area (Å²) in [7, 11) is 1.35. The van der Waals surface area contributed by atoms with Gasteiger partial charge < -0.3 is 9.47 Å². The van der Waals surface area contributed by atoms with Gasteiger partial charge >= 0.3 is 5.97 Å². The Morgan fingerprint density at radius 1 is 1.00 bits per heavy atom. The minimum absolute atomic E-state index is 0.374. The van der Waals surface area contributed by atoms with Crippen LogP contribution in [0.3, 0.4) is 0 Å². The number of pyridine rings is 1. The summed E-state index contributed by atoms with van der Waals surface area (Å²) in [5.41, 5.74) is 2.96. The van der Waals surface area contributed by atoms with Gasteiger partial charge in [0.25, 0.3) is 0 Å². The molecule has 0 aliphatic rings. The fourth-order valence-electron chi connectivity index (χ4n) is 2.36. The van der Waals surface area contributed by atoms with Crippen LogP contribution < -0.4 is 4.74 Å². The molecule has 4 nitrogen and oxygen atoms in total. The zero-order chi connectivity index (χ0) is 17.6. The van der Waals surface area contributed by atoms with Crippen molar-refractivity contribution in [1.29, 1.82) is 0 Å². The number of aromatic nitrogens is 1. The van der Waals surface area contributed by atoms with E-state index >= 15 is 0 Å². The molecule has 0 atom stereocenters. The first kappa shape index (κ1) is 17.0. The van der Waals surface area contributed by atoms with Crippen LogP contribution in [0.1, 0.15) is 15.9 Å². The van der Waals surface area contributed by atoms with E-state index in [9.17, 15) is 4.79 Å². The Labute approximate surface area is 151 Å². The van der Waals surface area contributed by atoms with Gasteiger partial charge in [-0.2, -0.15) is 0 Å². The molecule has 0 radical (unpaired) electrons. The van der Waals surface area contributed by atoms with Gasteiger partial charge in [-0.15, -0.1) is 0 Å². The molecule has 1 heterocycles. The maximum absolute atomic E-state index is 11.6. The number of benzene rings is 2. The highest BCUT2D eigenvalue weighted by Crippen LogP contribution is 2.30. The van der Waals surface area contributed by atoms with Crippen molar-refractivity contribution in [3.63, 3.8) is 0 Å². The third kappa shape index (κ3) is 4.17. The van der Waals surface area contributed by atoms with Crippen LogP contribution in [0, 0.1) is 0 Å². The predicted molar refractivity (Wildman–Crippen MR) is 96.8 cm³/mol. The zero-order valence-corrected chi connectivity index (χ0v) is 14.4. The van der Waals surface area contributed by atoms with E-state index < -0.39 is 0 Å². The van der Waals surface area contributed by atoms with Gasteiger partial charge in [0, 0.05) is 5.56 Å². The second-order valence-electron chi connectivity index (χ2n) is 5.32. The molecule has 25 heavy (non-hydrogen) atoms. The Balaban J connectivity index is 1.87. The van der Waals surface area contributed by atoms with Crippen molar-refractivity contribution < 1.29 is 14.3 Å². The third-order valence-corrected chi connectivity index (χ3v) is 3.85. The van der Waals surface area contributed by atoms with Gasteiger partial charge in [-0.3, -0.25) is 0 Å². The Morgan fingerprint density at radius 2 is 1.72 bits per heavy atom. The van der Waals surface area contributed by atoms with Crippen LogP contribution >= 0.6 is 11.6 Å². The summed E-state index contributed by atoms with van der Waals surface area (Å²) in [4.78, 5) is 15.9. The van der Waals surface area contributed by atoms with E-state index in [1.54, 1.807) is 36.4 Å². The first-order valence-electron chi connectivity index (χ1n) is 7.69. The predicted octanol–water partition coefficient (Wildman–Crippen LogP) is 4.77. The van der Waals surface area contributed by atoms with E-state index in [1.165, 1.54) is 7.11 Å². The summed E-state index contributed by atoms with van der Waals surface area (Å²) < 4.78 is 10.6. The van der Waals surface area contributed by atoms with Gasteiger partial charge in [0.1, 0.15) is 23.2 Å². The third-order valence-electron chi connectivity index (χ3n) is 3.64. The first-order valence-corrected chi connectivity index (χ1v) is 8.07. The normalized spacial score (nSPS) is 10.3. The van der Waals surface area contributed by atoms with E-state index in [0.29, 0.717) is 28.8 Å². The number of ether oxygens (including phenoxy) is 2. The van der Waals surface area contributed by atoms with Crippen LogP contribution in [0.25, 0.3) is 11.3 Å². The van der Waals surface area contributed by atoms with Gasteiger partial charge in [-0.05, 0) is 29.8 Å². The van der Waals surface area contributed by atoms with Crippen LogP contribution in [0.2, 0.25) is 5.15 Å². The summed E-state index contributed by atoms with van der Waals surface area (Å²) >= 11 is 6.05. The number of hydrogen-bond donors (Lipinski definition) is 0. The van der Waals surface area contributed by atoms with Gasteiger partial charge in [0.15, 0.2) is 0 Å². The van der Waals surface area contributed by atoms with Crippen LogP contribution in [0.5, 0.6) is 5.75 Å². The van der Waals surface area contributed by atoms with Gasteiger partial charge in [0.2, 0.25) is 0 Å². The van der Waals surface area contributed by atoms with Crippen molar-refractivity contribution >= 4 is 17.6 Å². The van der Waals surface area contributed by atoms with Crippen LogP contribution in [0.4, 0.5) is 0 Å². The molecule has 3 rings (SSSR count). The molecule has 0 aliphatic heterocycles. The van der Waals surface area contributed by atoms with E-state index in [2.05, 4.69) is 4.98 Å². The number of esters is 1. The molecule has 0 fully saturated rings. The van der Waals surface area contributed by atoms with Crippen molar-refractivity contribution in [2.75, 3.05) is 7.11 Å². The second-order valence-corrected chi connectivity index (χ2v) is 5.71. The smallest absolute Gasteiger partial charge is 0.337 e. The molecule has 3 aromatic rings. The fraction of sp³-hybridized carbons (Fsp3) is 0.100. The number of carbonyl (C=O) groups excluding carboxylic acids is 1. The lowest BCUT2D eigenvalue weighted by Crippen LogP contribution is -2.01. The standard InChI is InChI=1S/C20H16ClNO3/c1-24-20(23)16-9-7-15(8-10-16)19-17(11-12-18(21)22-19)25-13-14-5-3-2-4-6-14/h2-12H,13H2,1H3. The molecule has 0 saturated heterocycles. The lowest BCUT2D eigenvalue weighted by atomic mass is 10.1. The minimum Gasteiger partial charge on any atom is -0.487 e.